The van der Waals surface area contributed by atoms with Crippen LogP contribution in [0.15, 0.2) is 77.2 Å². The van der Waals surface area contributed by atoms with E-state index in [2.05, 4.69) is 20.3 Å². The number of carbonyl (C=O) groups excluding carboxylic acids is 1. The molecule has 3 aromatic heterocycles. The first-order valence-electron chi connectivity index (χ1n) is 10.6. The highest BCUT2D eigenvalue weighted by atomic mass is 32.2. The Bertz CT molecular complexity index is 1280. The molecule has 1 aromatic carbocycles. The van der Waals surface area contributed by atoms with E-state index < -0.39 is 9.84 Å². The van der Waals surface area contributed by atoms with Crippen molar-refractivity contribution in [1.29, 1.82) is 0 Å². The number of rotatable bonds is 5. The molecule has 174 valence electrons. The average Bonchev–Trinajstić information content (AvgIpc) is 3.33. The van der Waals surface area contributed by atoms with Crippen molar-refractivity contribution in [3.63, 3.8) is 0 Å². The van der Waals surface area contributed by atoms with Gasteiger partial charge in [0.2, 0.25) is 15.8 Å². The van der Waals surface area contributed by atoms with Crippen LogP contribution in [0.4, 0.5) is 5.95 Å². The quantitative estimate of drug-likeness (QED) is 0.458. The van der Waals surface area contributed by atoms with Crippen LogP contribution >= 0.6 is 0 Å². The predicted molar refractivity (Wildman–Crippen MR) is 127 cm³/mol. The standard InChI is InChI=1S/C19H16N6O3S.2C2H6/c20-19-23-10-16(11-24-19)29(27,28)15-4-1-13(2-5-15)9-22-18(26)14-3-6-17-21-7-8-25(17)12-14;2*1-2/h1-8,10-12H,9H2,(H,22,26)(H2,20,23,24);2*1-2H3. The highest BCUT2D eigenvalue weighted by Gasteiger charge is 2.18. The number of hydrogen-bond donors (Lipinski definition) is 2. The maximum Gasteiger partial charge on any atom is 0.253 e. The topological polar surface area (TPSA) is 132 Å². The van der Waals surface area contributed by atoms with Crippen LogP contribution in [0, 0.1) is 0 Å². The molecule has 3 heterocycles. The van der Waals surface area contributed by atoms with E-state index in [0.717, 1.165) is 11.2 Å². The summed E-state index contributed by atoms with van der Waals surface area (Å²) in [5.41, 5.74) is 7.41. The third-order valence-electron chi connectivity index (χ3n) is 4.30. The number of benzene rings is 1. The molecule has 0 spiro atoms. The monoisotopic (exact) mass is 468 g/mol. The Balaban J connectivity index is 0.000000914. The molecule has 0 fully saturated rings. The molecule has 33 heavy (non-hydrogen) atoms. The summed E-state index contributed by atoms with van der Waals surface area (Å²) in [5, 5.41) is 2.81. The summed E-state index contributed by atoms with van der Waals surface area (Å²) >= 11 is 0. The van der Waals surface area contributed by atoms with Gasteiger partial charge in [-0.3, -0.25) is 4.79 Å². The molecule has 0 unspecified atom stereocenters. The largest absolute Gasteiger partial charge is 0.368 e. The van der Waals surface area contributed by atoms with E-state index >= 15 is 0 Å². The molecule has 1 amide bonds. The summed E-state index contributed by atoms with van der Waals surface area (Å²) in [7, 11) is -3.74. The minimum Gasteiger partial charge on any atom is -0.368 e. The molecule has 0 radical (unpaired) electrons. The van der Waals surface area contributed by atoms with Gasteiger partial charge in [0.1, 0.15) is 10.5 Å². The summed E-state index contributed by atoms with van der Waals surface area (Å²) < 4.78 is 26.9. The first-order chi connectivity index (χ1) is 15.9. The number of hydrogen-bond acceptors (Lipinski definition) is 7. The van der Waals surface area contributed by atoms with Gasteiger partial charge in [0.15, 0.2) is 0 Å². The summed E-state index contributed by atoms with van der Waals surface area (Å²) in [6, 6.07) is 9.70. The molecule has 0 saturated heterocycles. The van der Waals surface area contributed by atoms with Crippen LogP contribution in [0.5, 0.6) is 0 Å². The average molecular weight is 469 g/mol. The van der Waals surface area contributed by atoms with E-state index in [1.54, 1.807) is 47.3 Å². The minimum atomic E-state index is -3.74. The van der Waals surface area contributed by atoms with Crippen LogP contribution < -0.4 is 11.1 Å². The number of fused-ring (bicyclic) bond motifs is 1. The molecule has 4 aromatic rings. The maximum atomic E-state index is 12.6. The third-order valence-corrected chi connectivity index (χ3v) is 6.02. The van der Waals surface area contributed by atoms with Crippen molar-refractivity contribution in [3.8, 4) is 0 Å². The zero-order valence-corrected chi connectivity index (χ0v) is 19.9. The van der Waals surface area contributed by atoms with Gasteiger partial charge < -0.3 is 15.5 Å². The maximum absolute atomic E-state index is 12.6. The first-order valence-corrected chi connectivity index (χ1v) is 12.0. The second-order valence-electron chi connectivity index (χ2n) is 6.22. The Morgan fingerprint density at radius 1 is 0.939 bits per heavy atom. The van der Waals surface area contributed by atoms with E-state index in [1.165, 1.54) is 24.5 Å². The van der Waals surface area contributed by atoms with Crippen molar-refractivity contribution in [1.82, 2.24) is 24.7 Å². The zero-order valence-electron chi connectivity index (χ0n) is 19.1. The SMILES string of the molecule is CC.CC.Nc1ncc(S(=O)(=O)c2ccc(CNC(=O)c3ccc4nccn4c3)cc2)cn1. The van der Waals surface area contributed by atoms with Crippen LogP contribution in [0.1, 0.15) is 43.6 Å². The lowest BCUT2D eigenvalue weighted by Crippen LogP contribution is -2.23. The summed E-state index contributed by atoms with van der Waals surface area (Å²) in [4.78, 5) is 24.0. The molecule has 3 N–H and O–H groups in total. The number of nitrogens with zero attached hydrogens (tertiary/aromatic N) is 4. The van der Waals surface area contributed by atoms with Crippen LogP contribution in [0.2, 0.25) is 0 Å². The molecule has 0 aliphatic carbocycles. The number of aromatic nitrogens is 4. The van der Waals surface area contributed by atoms with E-state index in [-0.39, 0.29) is 28.2 Å². The number of anilines is 1. The van der Waals surface area contributed by atoms with Gasteiger partial charge in [-0.25, -0.2) is 23.4 Å². The van der Waals surface area contributed by atoms with Gasteiger partial charge in [-0.05, 0) is 29.8 Å². The van der Waals surface area contributed by atoms with E-state index in [0.29, 0.717) is 5.56 Å². The Morgan fingerprint density at radius 3 is 2.21 bits per heavy atom. The Kier molecular flexibility index (Phi) is 9.05. The van der Waals surface area contributed by atoms with Gasteiger partial charge in [0.05, 0.1) is 22.9 Å². The van der Waals surface area contributed by atoms with Crippen LogP contribution in [0.25, 0.3) is 5.65 Å². The van der Waals surface area contributed by atoms with Gasteiger partial charge in [0, 0.05) is 25.1 Å². The summed E-state index contributed by atoms with van der Waals surface area (Å²) in [5.74, 6) is -0.237. The Morgan fingerprint density at radius 2 is 1.58 bits per heavy atom. The number of pyridine rings is 1. The van der Waals surface area contributed by atoms with Crippen molar-refractivity contribution < 1.29 is 13.2 Å². The Hall–Kier alpha value is -3.79. The zero-order chi connectivity index (χ0) is 24.4. The van der Waals surface area contributed by atoms with Crippen molar-refractivity contribution in [2.24, 2.45) is 0 Å². The number of nitrogens with two attached hydrogens (primary N) is 1. The first kappa shape index (κ1) is 25.5. The van der Waals surface area contributed by atoms with Gasteiger partial charge >= 0.3 is 0 Å². The Labute approximate surface area is 193 Å². The normalized spacial score (nSPS) is 10.4. The van der Waals surface area contributed by atoms with Crippen molar-refractivity contribution >= 4 is 27.3 Å². The van der Waals surface area contributed by atoms with Gasteiger partial charge in [-0.15, -0.1) is 0 Å². The molecule has 0 aliphatic rings. The molecular weight excluding hydrogens is 440 g/mol. The van der Waals surface area contributed by atoms with Crippen LogP contribution in [-0.4, -0.2) is 33.7 Å². The second kappa shape index (κ2) is 11.7. The lowest BCUT2D eigenvalue weighted by atomic mass is 10.2. The number of amides is 1. The fraction of sp³-hybridized carbons (Fsp3) is 0.217. The minimum absolute atomic E-state index is 0.00206. The number of imidazole rings is 1. The molecule has 9 nitrogen and oxygen atoms in total. The number of sulfone groups is 1. The van der Waals surface area contributed by atoms with Gasteiger partial charge in [-0.1, -0.05) is 39.8 Å². The molecule has 0 aliphatic heterocycles. The summed E-state index contributed by atoms with van der Waals surface area (Å²) in [6.45, 7) is 8.26. The number of carbonyl (C=O) groups is 1. The number of nitrogens with one attached hydrogen (secondary N) is 1. The lowest BCUT2D eigenvalue weighted by Gasteiger charge is -2.08. The van der Waals surface area contributed by atoms with E-state index in [4.69, 9.17) is 5.73 Å². The number of nitrogen functional groups attached to an aromatic ring is 1. The molecule has 0 atom stereocenters. The molecular formula is C23H28N6O3S. The van der Waals surface area contributed by atoms with Crippen molar-refractivity contribution in [2.75, 3.05) is 5.73 Å². The fourth-order valence-electron chi connectivity index (χ4n) is 2.73. The van der Waals surface area contributed by atoms with E-state index in [9.17, 15) is 13.2 Å². The van der Waals surface area contributed by atoms with Crippen LogP contribution in [-0.2, 0) is 16.4 Å². The summed E-state index contributed by atoms with van der Waals surface area (Å²) in [6.07, 6.45) is 7.45. The highest BCUT2D eigenvalue weighted by Crippen LogP contribution is 2.20. The second-order valence-corrected chi connectivity index (χ2v) is 8.17. The van der Waals surface area contributed by atoms with Gasteiger partial charge in [0.25, 0.3) is 5.91 Å². The molecule has 0 bridgehead atoms. The third kappa shape index (κ3) is 6.13. The molecule has 4 rings (SSSR count). The fourth-order valence-corrected chi connectivity index (χ4v) is 3.88. The van der Waals surface area contributed by atoms with Crippen molar-refractivity contribution in [3.05, 3.63) is 78.5 Å². The highest BCUT2D eigenvalue weighted by molar-refractivity contribution is 7.91. The van der Waals surface area contributed by atoms with E-state index in [1.807, 2.05) is 27.7 Å². The van der Waals surface area contributed by atoms with Gasteiger partial charge in [-0.2, -0.15) is 0 Å². The van der Waals surface area contributed by atoms with Crippen molar-refractivity contribution in [2.45, 2.75) is 44.0 Å². The predicted octanol–water partition coefficient (Wildman–Crippen LogP) is 3.52. The smallest absolute Gasteiger partial charge is 0.253 e. The lowest BCUT2D eigenvalue weighted by molar-refractivity contribution is 0.0950. The van der Waals surface area contributed by atoms with Crippen LogP contribution in [0.3, 0.4) is 0 Å². The molecule has 0 saturated carbocycles. The molecule has 10 heteroatoms.